The van der Waals surface area contributed by atoms with Crippen LogP contribution in [0.25, 0.3) is 0 Å². The van der Waals surface area contributed by atoms with Crippen molar-refractivity contribution in [3.05, 3.63) is 107 Å². The van der Waals surface area contributed by atoms with E-state index >= 15 is 0 Å². The maximum atomic E-state index is 12.6. The molecule has 0 spiro atoms. The lowest BCUT2D eigenvalue weighted by Crippen LogP contribution is -2.23. The lowest BCUT2D eigenvalue weighted by molar-refractivity contribution is 0.0950. The maximum absolute atomic E-state index is 12.6. The minimum absolute atomic E-state index is 0.109. The highest BCUT2D eigenvalue weighted by atomic mass is 16.1. The second kappa shape index (κ2) is 9.40. The van der Waals surface area contributed by atoms with Crippen LogP contribution in [0.15, 0.2) is 78.9 Å². The van der Waals surface area contributed by atoms with Gasteiger partial charge in [-0.05, 0) is 41.8 Å². The van der Waals surface area contributed by atoms with Gasteiger partial charge in [0.15, 0.2) is 0 Å². The second-order valence-corrected chi connectivity index (χ2v) is 6.41. The molecule has 0 atom stereocenters. The van der Waals surface area contributed by atoms with Crippen molar-refractivity contribution in [3.8, 4) is 11.8 Å². The molecule has 27 heavy (non-hydrogen) atoms. The SMILES string of the molecule is CCCc1ccc(C#Cc2ccccc2C(=O)NCc2ccccc2)cc1. The molecule has 1 N–H and O–H groups in total. The van der Waals surface area contributed by atoms with Crippen molar-refractivity contribution in [1.29, 1.82) is 0 Å². The van der Waals surface area contributed by atoms with E-state index in [1.807, 2.05) is 66.7 Å². The number of aryl methyl sites for hydroxylation is 1. The normalized spacial score (nSPS) is 9.96. The average molecular weight is 353 g/mol. The van der Waals surface area contributed by atoms with Gasteiger partial charge in [0.2, 0.25) is 0 Å². The number of carbonyl (C=O) groups is 1. The van der Waals surface area contributed by atoms with Crippen molar-refractivity contribution in [2.24, 2.45) is 0 Å². The number of rotatable bonds is 5. The molecule has 0 fully saturated rings. The van der Waals surface area contributed by atoms with Gasteiger partial charge in [0.05, 0.1) is 5.56 Å². The molecular formula is C25H23NO. The monoisotopic (exact) mass is 353 g/mol. The van der Waals surface area contributed by atoms with Gasteiger partial charge in [-0.1, -0.05) is 79.8 Å². The van der Waals surface area contributed by atoms with E-state index in [0.717, 1.165) is 29.5 Å². The fourth-order valence-corrected chi connectivity index (χ4v) is 2.85. The third kappa shape index (κ3) is 5.33. The van der Waals surface area contributed by atoms with Crippen LogP contribution in [0, 0.1) is 11.8 Å². The summed E-state index contributed by atoms with van der Waals surface area (Å²) >= 11 is 0. The molecule has 1 amide bonds. The van der Waals surface area contributed by atoms with Gasteiger partial charge in [-0.15, -0.1) is 0 Å². The summed E-state index contributed by atoms with van der Waals surface area (Å²) in [6.07, 6.45) is 2.22. The summed E-state index contributed by atoms with van der Waals surface area (Å²) in [5.41, 5.74) is 4.68. The Hall–Kier alpha value is -3.31. The number of hydrogen-bond donors (Lipinski definition) is 1. The molecule has 0 aliphatic carbocycles. The highest BCUT2D eigenvalue weighted by Gasteiger charge is 2.09. The molecule has 0 aromatic heterocycles. The quantitative estimate of drug-likeness (QED) is 0.645. The van der Waals surface area contributed by atoms with E-state index in [2.05, 4.69) is 36.2 Å². The summed E-state index contributed by atoms with van der Waals surface area (Å²) in [5, 5.41) is 2.97. The van der Waals surface area contributed by atoms with E-state index in [1.165, 1.54) is 5.56 Å². The highest BCUT2D eigenvalue weighted by molar-refractivity contribution is 5.96. The van der Waals surface area contributed by atoms with Crippen molar-refractivity contribution in [2.45, 2.75) is 26.3 Å². The first-order chi connectivity index (χ1) is 13.3. The zero-order valence-electron chi connectivity index (χ0n) is 15.5. The standard InChI is InChI=1S/C25H23NO/c1-2-8-20-13-15-21(16-14-20)17-18-23-11-6-7-12-24(23)25(27)26-19-22-9-4-3-5-10-22/h3-7,9-16H,2,8,19H2,1H3,(H,26,27). The molecule has 134 valence electrons. The van der Waals surface area contributed by atoms with Crippen LogP contribution in [0.2, 0.25) is 0 Å². The summed E-state index contributed by atoms with van der Waals surface area (Å²) in [5.74, 6) is 6.21. The molecule has 0 saturated carbocycles. The van der Waals surface area contributed by atoms with Crippen molar-refractivity contribution >= 4 is 5.91 Å². The zero-order valence-corrected chi connectivity index (χ0v) is 15.5. The molecule has 2 heteroatoms. The third-order valence-corrected chi connectivity index (χ3v) is 4.30. The van der Waals surface area contributed by atoms with E-state index < -0.39 is 0 Å². The smallest absolute Gasteiger partial charge is 0.252 e. The number of amides is 1. The summed E-state index contributed by atoms with van der Waals surface area (Å²) in [7, 11) is 0. The van der Waals surface area contributed by atoms with Crippen LogP contribution < -0.4 is 5.32 Å². The number of carbonyl (C=O) groups excluding carboxylic acids is 1. The fourth-order valence-electron chi connectivity index (χ4n) is 2.85. The molecule has 2 nitrogen and oxygen atoms in total. The Balaban J connectivity index is 1.73. The largest absolute Gasteiger partial charge is 0.348 e. The molecule has 3 rings (SSSR count). The minimum atomic E-state index is -0.109. The molecule has 0 aliphatic heterocycles. The molecule has 3 aromatic carbocycles. The van der Waals surface area contributed by atoms with Crippen molar-refractivity contribution < 1.29 is 4.79 Å². The van der Waals surface area contributed by atoms with Crippen LogP contribution >= 0.6 is 0 Å². The van der Waals surface area contributed by atoms with E-state index in [-0.39, 0.29) is 5.91 Å². The summed E-state index contributed by atoms with van der Waals surface area (Å²) < 4.78 is 0. The Labute approximate surface area is 161 Å². The lowest BCUT2D eigenvalue weighted by Gasteiger charge is -2.07. The summed E-state index contributed by atoms with van der Waals surface area (Å²) in [6, 6.07) is 25.7. The van der Waals surface area contributed by atoms with Gasteiger partial charge in [0, 0.05) is 17.7 Å². The fraction of sp³-hybridized carbons (Fsp3) is 0.160. The molecule has 0 radical (unpaired) electrons. The van der Waals surface area contributed by atoms with Crippen molar-refractivity contribution in [1.82, 2.24) is 5.32 Å². The van der Waals surface area contributed by atoms with Gasteiger partial charge in [-0.25, -0.2) is 0 Å². The predicted molar refractivity (Wildman–Crippen MR) is 110 cm³/mol. The van der Waals surface area contributed by atoms with Crippen LogP contribution in [0.1, 0.15) is 46.0 Å². The van der Waals surface area contributed by atoms with Gasteiger partial charge < -0.3 is 5.32 Å². The molecule has 0 bridgehead atoms. The summed E-state index contributed by atoms with van der Waals surface area (Å²) in [6.45, 7) is 2.67. The van der Waals surface area contributed by atoms with Crippen molar-refractivity contribution in [3.63, 3.8) is 0 Å². The van der Waals surface area contributed by atoms with Crippen LogP contribution in [0.3, 0.4) is 0 Å². The van der Waals surface area contributed by atoms with E-state index in [0.29, 0.717) is 12.1 Å². The molecule has 0 unspecified atom stereocenters. The van der Waals surface area contributed by atoms with E-state index in [1.54, 1.807) is 0 Å². The number of hydrogen-bond acceptors (Lipinski definition) is 1. The molecule has 0 saturated heterocycles. The molecule has 0 heterocycles. The zero-order chi connectivity index (χ0) is 18.9. The van der Waals surface area contributed by atoms with Crippen LogP contribution in [-0.2, 0) is 13.0 Å². The Morgan fingerprint density at radius 2 is 1.52 bits per heavy atom. The summed E-state index contributed by atoms with van der Waals surface area (Å²) in [4.78, 5) is 12.6. The Bertz CT molecular complexity index is 947. The minimum Gasteiger partial charge on any atom is -0.348 e. The molecule has 3 aromatic rings. The van der Waals surface area contributed by atoms with Crippen LogP contribution in [0.4, 0.5) is 0 Å². The van der Waals surface area contributed by atoms with Crippen molar-refractivity contribution in [2.75, 3.05) is 0 Å². The van der Waals surface area contributed by atoms with Crippen LogP contribution in [0.5, 0.6) is 0 Å². The van der Waals surface area contributed by atoms with E-state index in [9.17, 15) is 4.79 Å². The third-order valence-electron chi connectivity index (χ3n) is 4.30. The van der Waals surface area contributed by atoms with Gasteiger partial charge in [0.25, 0.3) is 5.91 Å². The van der Waals surface area contributed by atoms with Crippen LogP contribution in [-0.4, -0.2) is 5.91 Å². The second-order valence-electron chi connectivity index (χ2n) is 6.41. The highest BCUT2D eigenvalue weighted by Crippen LogP contribution is 2.10. The van der Waals surface area contributed by atoms with Gasteiger partial charge in [-0.3, -0.25) is 4.79 Å². The van der Waals surface area contributed by atoms with Gasteiger partial charge >= 0.3 is 0 Å². The number of nitrogens with one attached hydrogen (secondary N) is 1. The first-order valence-electron chi connectivity index (χ1n) is 9.28. The Kier molecular flexibility index (Phi) is 6.44. The topological polar surface area (TPSA) is 29.1 Å². The molecular weight excluding hydrogens is 330 g/mol. The average Bonchev–Trinajstić information content (AvgIpc) is 2.73. The molecule has 0 aliphatic rings. The Morgan fingerprint density at radius 3 is 2.26 bits per heavy atom. The van der Waals surface area contributed by atoms with Gasteiger partial charge in [-0.2, -0.15) is 0 Å². The Morgan fingerprint density at radius 1 is 0.815 bits per heavy atom. The first kappa shape index (κ1) is 18.5. The predicted octanol–water partition coefficient (Wildman–Crippen LogP) is 4.97. The number of benzene rings is 3. The lowest BCUT2D eigenvalue weighted by atomic mass is 10.1. The first-order valence-corrected chi connectivity index (χ1v) is 9.28. The maximum Gasteiger partial charge on any atom is 0.252 e. The van der Waals surface area contributed by atoms with E-state index in [4.69, 9.17) is 0 Å². The van der Waals surface area contributed by atoms with Gasteiger partial charge in [0.1, 0.15) is 0 Å².